The van der Waals surface area contributed by atoms with E-state index in [1.807, 2.05) is 4.57 Å². The summed E-state index contributed by atoms with van der Waals surface area (Å²) in [6.07, 6.45) is 0.430. The average Bonchev–Trinajstić information content (AvgIpc) is 2.77. The highest BCUT2D eigenvalue weighted by Gasteiger charge is 2.17. The maximum Gasteiger partial charge on any atom is 0.144 e. The Morgan fingerprint density at radius 1 is 1.38 bits per heavy atom. The van der Waals surface area contributed by atoms with Gasteiger partial charge in [0, 0.05) is 32.6 Å². The highest BCUT2D eigenvalue weighted by atomic mass is 35.5. The molecule has 1 atom stereocenters. The first-order valence-corrected chi connectivity index (χ1v) is 7.43. The number of aryl methyl sites for hydroxylation is 1. The van der Waals surface area contributed by atoms with Gasteiger partial charge in [-0.05, 0) is 6.07 Å². The van der Waals surface area contributed by atoms with Gasteiger partial charge in [0.05, 0.1) is 35.3 Å². The second-order valence-corrected chi connectivity index (χ2v) is 5.43. The van der Waals surface area contributed by atoms with Crippen molar-refractivity contribution in [2.24, 2.45) is 0 Å². The SMILES string of the molecule is COCC(Cn1c(CCCl)nc2cc(Cl)c(F)cc21)OC. The topological polar surface area (TPSA) is 36.3 Å². The van der Waals surface area contributed by atoms with Crippen LogP contribution >= 0.6 is 23.2 Å². The lowest BCUT2D eigenvalue weighted by Crippen LogP contribution is -2.25. The molecule has 0 N–H and O–H groups in total. The molecule has 0 radical (unpaired) electrons. The van der Waals surface area contributed by atoms with Crippen LogP contribution < -0.4 is 0 Å². The Bertz CT molecular complexity index is 619. The summed E-state index contributed by atoms with van der Waals surface area (Å²) in [5.74, 6) is 0.741. The largest absolute Gasteiger partial charge is 0.382 e. The molecule has 7 heteroatoms. The third kappa shape index (κ3) is 3.66. The van der Waals surface area contributed by atoms with E-state index in [0.717, 1.165) is 5.82 Å². The van der Waals surface area contributed by atoms with Gasteiger partial charge in [-0.3, -0.25) is 0 Å². The molecule has 116 valence electrons. The Morgan fingerprint density at radius 2 is 2.14 bits per heavy atom. The molecule has 1 heterocycles. The zero-order chi connectivity index (χ0) is 15.4. The summed E-state index contributed by atoms with van der Waals surface area (Å²) < 4.78 is 26.1. The molecule has 1 unspecified atom stereocenters. The first-order valence-electron chi connectivity index (χ1n) is 6.52. The lowest BCUT2D eigenvalue weighted by molar-refractivity contribution is 0.0186. The summed E-state index contributed by atoms with van der Waals surface area (Å²) in [5.41, 5.74) is 1.32. The molecular weight excluding hydrogens is 318 g/mol. The molecule has 0 amide bonds. The van der Waals surface area contributed by atoms with Crippen molar-refractivity contribution < 1.29 is 13.9 Å². The van der Waals surface area contributed by atoms with Crippen molar-refractivity contribution >= 4 is 34.2 Å². The molecular formula is C14H17Cl2FN2O2. The van der Waals surface area contributed by atoms with Crippen LogP contribution in [0.1, 0.15) is 5.82 Å². The van der Waals surface area contributed by atoms with Gasteiger partial charge in [-0.1, -0.05) is 11.6 Å². The average molecular weight is 335 g/mol. The predicted molar refractivity (Wildman–Crippen MR) is 81.8 cm³/mol. The fourth-order valence-corrected chi connectivity index (χ4v) is 2.56. The molecule has 0 aliphatic rings. The van der Waals surface area contributed by atoms with Crippen LogP contribution in [-0.2, 0) is 22.4 Å². The number of methoxy groups -OCH3 is 2. The van der Waals surface area contributed by atoms with Gasteiger partial charge in [-0.2, -0.15) is 0 Å². The Balaban J connectivity index is 2.46. The molecule has 1 aromatic carbocycles. The van der Waals surface area contributed by atoms with Crippen LogP contribution in [0.25, 0.3) is 11.0 Å². The molecule has 0 aliphatic heterocycles. The highest BCUT2D eigenvalue weighted by molar-refractivity contribution is 6.31. The molecule has 0 saturated heterocycles. The smallest absolute Gasteiger partial charge is 0.144 e. The Hall–Kier alpha value is -0.880. The van der Waals surface area contributed by atoms with Crippen LogP contribution in [0.3, 0.4) is 0 Å². The van der Waals surface area contributed by atoms with E-state index in [-0.39, 0.29) is 11.1 Å². The van der Waals surface area contributed by atoms with Crippen molar-refractivity contribution in [3.63, 3.8) is 0 Å². The second-order valence-electron chi connectivity index (χ2n) is 4.65. The van der Waals surface area contributed by atoms with Gasteiger partial charge in [0.1, 0.15) is 11.6 Å². The number of halogens is 3. The Morgan fingerprint density at radius 3 is 2.76 bits per heavy atom. The van der Waals surface area contributed by atoms with Crippen molar-refractivity contribution in [2.45, 2.75) is 19.1 Å². The first kappa shape index (κ1) is 16.5. The quantitative estimate of drug-likeness (QED) is 0.729. The first-order chi connectivity index (χ1) is 10.1. The number of alkyl halides is 1. The van der Waals surface area contributed by atoms with Gasteiger partial charge >= 0.3 is 0 Å². The van der Waals surface area contributed by atoms with Gasteiger partial charge in [0.2, 0.25) is 0 Å². The van der Waals surface area contributed by atoms with Crippen molar-refractivity contribution in [1.82, 2.24) is 9.55 Å². The molecule has 2 aromatic rings. The summed E-state index contributed by atoms with van der Waals surface area (Å²) in [4.78, 5) is 4.48. The number of ether oxygens (including phenoxy) is 2. The summed E-state index contributed by atoms with van der Waals surface area (Å²) >= 11 is 11.6. The van der Waals surface area contributed by atoms with E-state index >= 15 is 0 Å². The molecule has 1 aromatic heterocycles. The minimum absolute atomic E-state index is 0.0600. The van der Waals surface area contributed by atoms with Crippen LogP contribution in [0.2, 0.25) is 5.02 Å². The number of benzene rings is 1. The van der Waals surface area contributed by atoms with Crippen molar-refractivity contribution in [3.8, 4) is 0 Å². The third-order valence-electron chi connectivity index (χ3n) is 3.26. The van der Waals surface area contributed by atoms with E-state index < -0.39 is 5.82 Å². The summed E-state index contributed by atoms with van der Waals surface area (Å²) in [5, 5.41) is 0.0600. The summed E-state index contributed by atoms with van der Waals surface area (Å²) in [7, 11) is 3.22. The van der Waals surface area contributed by atoms with Gasteiger partial charge < -0.3 is 14.0 Å². The Kier molecular flexibility index (Phi) is 5.81. The molecule has 21 heavy (non-hydrogen) atoms. The van der Waals surface area contributed by atoms with Crippen LogP contribution in [0.15, 0.2) is 12.1 Å². The molecule has 0 saturated carbocycles. The van der Waals surface area contributed by atoms with Crippen molar-refractivity contribution in [3.05, 3.63) is 28.8 Å². The van der Waals surface area contributed by atoms with Crippen molar-refractivity contribution in [2.75, 3.05) is 26.7 Å². The lowest BCUT2D eigenvalue weighted by atomic mass is 10.3. The van der Waals surface area contributed by atoms with Gasteiger partial charge in [0.25, 0.3) is 0 Å². The van der Waals surface area contributed by atoms with Gasteiger partial charge in [-0.15, -0.1) is 11.6 Å². The fraction of sp³-hybridized carbons (Fsp3) is 0.500. The van der Waals surface area contributed by atoms with Gasteiger partial charge in [0.15, 0.2) is 0 Å². The van der Waals surface area contributed by atoms with E-state index in [0.29, 0.717) is 36.5 Å². The van der Waals surface area contributed by atoms with E-state index in [2.05, 4.69) is 4.98 Å². The lowest BCUT2D eigenvalue weighted by Gasteiger charge is -2.17. The highest BCUT2D eigenvalue weighted by Crippen LogP contribution is 2.24. The normalized spacial score (nSPS) is 13.0. The van der Waals surface area contributed by atoms with Gasteiger partial charge in [-0.25, -0.2) is 9.37 Å². The summed E-state index contributed by atoms with van der Waals surface area (Å²) in [6, 6.07) is 2.92. The summed E-state index contributed by atoms with van der Waals surface area (Å²) in [6.45, 7) is 0.945. The van der Waals surface area contributed by atoms with Crippen molar-refractivity contribution in [1.29, 1.82) is 0 Å². The van der Waals surface area contributed by atoms with E-state index in [9.17, 15) is 4.39 Å². The van der Waals surface area contributed by atoms with Crippen LogP contribution in [0.5, 0.6) is 0 Å². The molecule has 2 rings (SSSR count). The number of nitrogens with zero attached hydrogens (tertiary/aromatic N) is 2. The van der Waals surface area contributed by atoms with Crippen LogP contribution in [-0.4, -0.2) is 42.4 Å². The number of hydrogen-bond donors (Lipinski definition) is 0. The molecule has 4 nitrogen and oxygen atoms in total. The molecule has 0 bridgehead atoms. The monoisotopic (exact) mass is 334 g/mol. The standard InChI is InChI=1S/C14H17Cl2FN2O2/c1-20-8-9(21-2)7-19-13-6-11(17)10(16)5-12(13)18-14(19)3-4-15/h5-6,9H,3-4,7-8H2,1-2H3. The molecule has 0 fully saturated rings. The Labute approximate surface area is 132 Å². The minimum atomic E-state index is -0.469. The third-order valence-corrected chi connectivity index (χ3v) is 3.74. The number of rotatable bonds is 7. The fourth-order valence-electron chi connectivity index (χ4n) is 2.23. The number of hydrogen-bond acceptors (Lipinski definition) is 3. The molecule has 0 aliphatic carbocycles. The van der Waals surface area contributed by atoms with Crippen LogP contribution in [0, 0.1) is 5.82 Å². The van der Waals surface area contributed by atoms with E-state index in [4.69, 9.17) is 32.7 Å². The van der Waals surface area contributed by atoms with Crippen LogP contribution in [0.4, 0.5) is 4.39 Å². The predicted octanol–water partition coefficient (Wildman–Crippen LogP) is 3.27. The minimum Gasteiger partial charge on any atom is -0.382 e. The number of fused-ring (bicyclic) bond motifs is 1. The number of imidazole rings is 1. The molecule has 0 spiro atoms. The van der Waals surface area contributed by atoms with E-state index in [1.165, 1.54) is 12.1 Å². The van der Waals surface area contributed by atoms with E-state index in [1.54, 1.807) is 14.2 Å². The maximum atomic E-state index is 13.7. The number of aromatic nitrogens is 2. The maximum absolute atomic E-state index is 13.7. The zero-order valence-electron chi connectivity index (χ0n) is 11.9. The second kappa shape index (κ2) is 7.40. The zero-order valence-corrected chi connectivity index (χ0v) is 13.4.